The molecular weight excluding hydrogens is 434 g/mol. The number of halogens is 1. The molecule has 1 atom stereocenters. The fraction of sp³-hybridized carbons (Fsp3) is 0.115. The summed E-state index contributed by atoms with van der Waals surface area (Å²) in [5.41, 5.74) is 12.1. The van der Waals surface area contributed by atoms with Gasteiger partial charge >= 0.3 is 6.03 Å². The number of nitrogens with two attached hydrogens (primary N) is 1. The molecule has 4 aromatic rings. The van der Waals surface area contributed by atoms with E-state index in [2.05, 4.69) is 5.10 Å². The van der Waals surface area contributed by atoms with Gasteiger partial charge < -0.3 is 5.73 Å². The highest BCUT2D eigenvalue weighted by Gasteiger charge is 2.35. The number of para-hydroxylation sites is 1. The topological polar surface area (TPSA) is 76.5 Å². The van der Waals surface area contributed by atoms with Gasteiger partial charge in [0.25, 0.3) is 0 Å². The summed E-state index contributed by atoms with van der Waals surface area (Å²) in [6, 6.07) is 24.5. The van der Waals surface area contributed by atoms with Gasteiger partial charge in [-0.15, -0.1) is 0 Å². The molecule has 1 aliphatic rings. The summed E-state index contributed by atoms with van der Waals surface area (Å²) in [6.45, 7) is 2.04. The third-order valence-corrected chi connectivity index (χ3v) is 6.01. The Morgan fingerprint density at radius 3 is 2.30 bits per heavy atom. The zero-order valence-electron chi connectivity index (χ0n) is 18.0. The lowest BCUT2D eigenvalue weighted by molar-refractivity contribution is 0.196. The molecular formula is C26H22ClN5O. The van der Waals surface area contributed by atoms with Crippen LogP contribution in [-0.2, 0) is 0 Å². The summed E-state index contributed by atoms with van der Waals surface area (Å²) in [5.74, 6) is 0. The summed E-state index contributed by atoms with van der Waals surface area (Å²) in [6.07, 6.45) is 2.49. The van der Waals surface area contributed by atoms with E-state index in [1.165, 1.54) is 5.01 Å². The Labute approximate surface area is 196 Å². The first-order valence-electron chi connectivity index (χ1n) is 10.6. The summed E-state index contributed by atoms with van der Waals surface area (Å²) in [5, 5.41) is 11.5. The SMILES string of the molecule is Cc1ccc(C2=NN(C(N)=O)C(c3cn(-c4ccccc4)nc3-c3ccc(Cl)cc3)C2)cc1. The highest BCUT2D eigenvalue weighted by molar-refractivity contribution is 6.30. The summed E-state index contributed by atoms with van der Waals surface area (Å²) in [7, 11) is 0. The van der Waals surface area contributed by atoms with Gasteiger partial charge in [-0.1, -0.05) is 71.8 Å². The molecule has 0 saturated carbocycles. The van der Waals surface area contributed by atoms with Crippen molar-refractivity contribution < 1.29 is 4.79 Å². The van der Waals surface area contributed by atoms with Crippen LogP contribution in [0.25, 0.3) is 16.9 Å². The number of hydrazone groups is 1. The third kappa shape index (κ3) is 4.13. The Balaban J connectivity index is 1.61. The molecule has 164 valence electrons. The first kappa shape index (κ1) is 21.0. The number of hydrogen-bond acceptors (Lipinski definition) is 3. The molecule has 33 heavy (non-hydrogen) atoms. The number of aromatic nitrogens is 2. The second kappa shape index (κ2) is 8.56. The Kier molecular flexibility index (Phi) is 5.44. The van der Waals surface area contributed by atoms with E-state index in [-0.39, 0.29) is 6.04 Å². The molecule has 0 saturated heterocycles. The van der Waals surface area contributed by atoms with Crippen LogP contribution < -0.4 is 5.73 Å². The van der Waals surface area contributed by atoms with E-state index < -0.39 is 6.03 Å². The van der Waals surface area contributed by atoms with Crippen LogP contribution in [0, 0.1) is 6.92 Å². The van der Waals surface area contributed by atoms with Gasteiger partial charge in [-0.05, 0) is 36.8 Å². The van der Waals surface area contributed by atoms with Crippen molar-refractivity contribution >= 4 is 23.3 Å². The highest BCUT2D eigenvalue weighted by atomic mass is 35.5. The van der Waals surface area contributed by atoms with E-state index in [1.807, 2.05) is 96.7 Å². The average molecular weight is 456 g/mol. The van der Waals surface area contributed by atoms with Crippen molar-refractivity contribution in [3.05, 3.63) is 107 Å². The number of carbonyl (C=O) groups excluding carboxylic acids is 1. The second-order valence-electron chi connectivity index (χ2n) is 8.04. The lowest BCUT2D eigenvalue weighted by Gasteiger charge is -2.19. The monoisotopic (exact) mass is 455 g/mol. The number of nitrogens with zero attached hydrogens (tertiary/aromatic N) is 4. The smallest absolute Gasteiger partial charge is 0.335 e. The Hall–Kier alpha value is -3.90. The van der Waals surface area contributed by atoms with Crippen LogP contribution in [0.1, 0.15) is 29.2 Å². The van der Waals surface area contributed by atoms with Crippen LogP contribution in [-0.4, -0.2) is 26.5 Å². The maximum Gasteiger partial charge on any atom is 0.335 e. The Bertz CT molecular complexity index is 1330. The predicted molar refractivity (Wildman–Crippen MR) is 131 cm³/mol. The summed E-state index contributed by atoms with van der Waals surface area (Å²) >= 11 is 6.12. The minimum absolute atomic E-state index is 0.373. The zero-order chi connectivity index (χ0) is 22.9. The molecule has 0 bridgehead atoms. The van der Waals surface area contributed by atoms with Gasteiger partial charge in [0.05, 0.1) is 23.1 Å². The molecule has 7 heteroatoms. The molecule has 3 aromatic carbocycles. The fourth-order valence-electron chi connectivity index (χ4n) is 4.05. The maximum absolute atomic E-state index is 12.4. The molecule has 0 radical (unpaired) electrons. The number of benzene rings is 3. The van der Waals surface area contributed by atoms with Crippen molar-refractivity contribution in [3.63, 3.8) is 0 Å². The zero-order valence-corrected chi connectivity index (χ0v) is 18.8. The van der Waals surface area contributed by atoms with Crippen molar-refractivity contribution in [1.82, 2.24) is 14.8 Å². The van der Waals surface area contributed by atoms with Crippen LogP contribution in [0.4, 0.5) is 4.79 Å². The van der Waals surface area contributed by atoms with Gasteiger partial charge in [-0.25, -0.2) is 14.5 Å². The molecule has 2 N–H and O–H groups in total. The standard InChI is InChI=1S/C26H22ClN5O/c1-17-7-9-18(10-8-17)23-15-24(32(29-23)26(28)33)22-16-31(21-5-3-2-4-6-21)30-25(22)19-11-13-20(27)14-12-19/h2-14,16,24H,15H2,1H3,(H2,28,33). The van der Waals surface area contributed by atoms with Crippen LogP contribution in [0.5, 0.6) is 0 Å². The first-order valence-corrected chi connectivity index (χ1v) is 11.0. The minimum atomic E-state index is -0.600. The van der Waals surface area contributed by atoms with Crippen LogP contribution >= 0.6 is 11.6 Å². The number of amides is 2. The molecule has 6 nitrogen and oxygen atoms in total. The van der Waals surface area contributed by atoms with Crippen molar-refractivity contribution in [1.29, 1.82) is 0 Å². The van der Waals surface area contributed by atoms with E-state index >= 15 is 0 Å². The molecule has 2 heterocycles. The first-order chi connectivity index (χ1) is 16.0. The van der Waals surface area contributed by atoms with Crippen LogP contribution in [0.3, 0.4) is 0 Å². The van der Waals surface area contributed by atoms with Gasteiger partial charge in [0.1, 0.15) is 0 Å². The van der Waals surface area contributed by atoms with Crippen molar-refractivity contribution in [3.8, 4) is 16.9 Å². The molecule has 0 aliphatic carbocycles. The normalized spacial score (nSPS) is 15.5. The maximum atomic E-state index is 12.4. The predicted octanol–water partition coefficient (Wildman–Crippen LogP) is 5.73. The molecule has 0 fully saturated rings. The van der Waals surface area contributed by atoms with Gasteiger partial charge in [-0.2, -0.15) is 10.2 Å². The van der Waals surface area contributed by atoms with Gasteiger partial charge in [0, 0.05) is 28.8 Å². The van der Waals surface area contributed by atoms with E-state index in [9.17, 15) is 4.79 Å². The number of hydrogen-bond donors (Lipinski definition) is 1. The third-order valence-electron chi connectivity index (χ3n) is 5.76. The lowest BCUT2D eigenvalue weighted by Crippen LogP contribution is -2.32. The van der Waals surface area contributed by atoms with Crippen LogP contribution in [0.2, 0.25) is 5.02 Å². The molecule has 1 aromatic heterocycles. The molecule has 1 aliphatic heterocycles. The number of aryl methyl sites for hydroxylation is 1. The highest BCUT2D eigenvalue weighted by Crippen LogP contribution is 2.38. The second-order valence-corrected chi connectivity index (χ2v) is 8.47. The van der Waals surface area contributed by atoms with Crippen molar-refractivity contribution in [2.75, 3.05) is 0 Å². The lowest BCUT2D eigenvalue weighted by atomic mass is 9.96. The fourth-order valence-corrected chi connectivity index (χ4v) is 4.18. The van der Waals surface area contributed by atoms with E-state index in [0.29, 0.717) is 11.4 Å². The van der Waals surface area contributed by atoms with E-state index in [4.69, 9.17) is 22.4 Å². The van der Waals surface area contributed by atoms with Crippen LogP contribution in [0.15, 0.2) is 90.2 Å². The van der Waals surface area contributed by atoms with Gasteiger partial charge in [0.15, 0.2) is 0 Å². The van der Waals surface area contributed by atoms with Crippen molar-refractivity contribution in [2.24, 2.45) is 10.8 Å². The van der Waals surface area contributed by atoms with Gasteiger partial charge in [-0.3, -0.25) is 0 Å². The van der Waals surface area contributed by atoms with E-state index in [1.54, 1.807) is 0 Å². The van der Waals surface area contributed by atoms with Crippen molar-refractivity contribution in [2.45, 2.75) is 19.4 Å². The largest absolute Gasteiger partial charge is 0.350 e. The average Bonchev–Trinajstić information content (AvgIpc) is 3.46. The molecule has 2 amide bonds. The quantitative estimate of drug-likeness (QED) is 0.426. The number of carbonyl (C=O) groups is 1. The van der Waals surface area contributed by atoms with Gasteiger partial charge in [0.2, 0.25) is 0 Å². The number of primary amides is 1. The number of rotatable bonds is 4. The Morgan fingerprint density at radius 2 is 1.64 bits per heavy atom. The summed E-state index contributed by atoms with van der Waals surface area (Å²) in [4.78, 5) is 12.4. The van der Waals surface area contributed by atoms with E-state index in [0.717, 1.165) is 39.3 Å². The molecule has 0 spiro atoms. The molecule has 5 rings (SSSR count). The summed E-state index contributed by atoms with van der Waals surface area (Å²) < 4.78 is 1.82. The minimum Gasteiger partial charge on any atom is -0.350 e. The number of urea groups is 1. The Morgan fingerprint density at radius 1 is 0.970 bits per heavy atom. The molecule has 1 unspecified atom stereocenters.